The van der Waals surface area contributed by atoms with Gasteiger partial charge in [-0.15, -0.1) is 0 Å². The second kappa shape index (κ2) is 9.49. The molecule has 0 aliphatic carbocycles. The molecule has 148 valence electrons. The maximum atomic E-state index is 13.3. The van der Waals surface area contributed by atoms with Crippen molar-refractivity contribution in [2.75, 3.05) is 10.6 Å². The standard InChI is InChI=1S/C22H19ClFN3OS/c1-14-6-8-15(9-7-14)13-25-21(28)17-4-2-3-5-20(17)27-22(29)26-16-10-11-19(24)18(23)12-16/h2-12H,13H2,1H3,(H,25,28)(H2,26,27,29). The number of rotatable bonds is 5. The highest BCUT2D eigenvalue weighted by Gasteiger charge is 2.12. The minimum Gasteiger partial charge on any atom is -0.348 e. The van der Waals surface area contributed by atoms with E-state index in [-0.39, 0.29) is 16.0 Å². The van der Waals surface area contributed by atoms with Gasteiger partial charge in [0.15, 0.2) is 5.11 Å². The van der Waals surface area contributed by atoms with E-state index in [9.17, 15) is 9.18 Å². The van der Waals surface area contributed by atoms with Crippen LogP contribution in [0.15, 0.2) is 66.7 Å². The quantitative estimate of drug-likeness (QED) is 0.469. The van der Waals surface area contributed by atoms with Crippen LogP contribution < -0.4 is 16.0 Å². The fourth-order valence-corrected chi connectivity index (χ4v) is 3.04. The van der Waals surface area contributed by atoms with E-state index in [0.717, 1.165) is 11.1 Å². The Kier molecular flexibility index (Phi) is 6.80. The van der Waals surface area contributed by atoms with E-state index in [1.54, 1.807) is 24.3 Å². The Morgan fingerprint density at radius 1 is 1.03 bits per heavy atom. The van der Waals surface area contributed by atoms with Crippen LogP contribution in [0.1, 0.15) is 21.5 Å². The lowest BCUT2D eigenvalue weighted by Gasteiger charge is -2.14. The van der Waals surface area contributed by atoms with Crippen LogP contribution in [0.5, 0.6) is 0 Å². The van der Waals surface area contributed by atoms with E-state index < -0.39 is 5.82 Å². The molecule has 0 heterocycles. The van der Waals surface area contributed by atoms with Crippen molar-refractivity contribution >= 4 is 46.2 Å². The molecule has 4 nitrogen and oxygen atoms in total. The highest BCUT2D eigenvalue weighted by atomic mass is 35.5. The summed E-state index contributed by atoms with van der Waals surface area (Å²) < 4.78 is 13.3. The fraction of sp³-hybridized carbons (Fsp3) is 0.0909. The van der Waals surface area contributed by atoms with E-state index in [2.05, 4.69) is 16.0 Å². The van der Waals surface area contributed by atoms with Gasteiger partial charge in [0.1, 0.15) is 5.82 Å². The van der Waals surface area contributed by atoms with Crippen molar-refractivity contribution in [1.29, 1.82) is 0 Å². The Labute approximate surface area is 179 Å². The third kappa shape index (κ3) is 5.76. The van der Waals surface area contributed by atoms with Gasteiger partial charge >= 0.3 is 0 Å². The number of anilines is 2. The second-order valence-corrected chi connectivity index (χ2v) is 7.24. The van der Waals surface area contributed by atoms with Gasteiger partial charge in [-0.05, 0) is 55.0 Å². The molecule has 3 aromatic rings. The number of amides is 1. The van der Waals surface area contributed by atoms with Gasteiger partial charge in [-0.1, -0.05) is 53.6 Å². The minimum absolute atomic E-state index is 0.00585. The first-order valence-corrected chi connectivity index (χ1v) is 9.67. The lowest BCUT2D eigenvalue weighted by atomic mass is 10.1. The number of hydrogen-bond donors (Lipinski definition) is 3. The summed E-state index contributed by atoms with van der Waals surface area (Å²) in [5.74, 6) is -0.729. The summed E-state index contributed by atoms with van der Waals surface area (Å²) in [4.78, 5) is 12.7. The number of para-hydroxylation sites is 1. The van der Waals surface area contributed by atoms with E-state index in [0.29, 0.717) is 23.5 Å². The number of benzene rings is 3. The summed E-state index contributed by atoms with van der Waals surface area (Å²) in [6.45, 7) is 2.44. The Morgan fingerprint density at radius 3 is 2.48 bits per heavy atom. The molecule has 0 aromatic heterocycles. The molecule has 0 atom stereocenters. The molecule has 0 saturated heterocycles. The van der Waals surface area contributed by atoms with Crippen LogP contribution in [0.4, 0.5) is 15.8 Å². The Hall–Kier alpha value is -2.96. The molecule has 0 radical (unpaired) electrons. The predicted molar refractivity (Wildman–Crippen MR) is 120 cm³/mol. The summed E-state index contributed by atoms with van der Waals surface area (Å²) in [7, 11) is 0. The van der Waals surface area contributed by atoms with Gasteiger partial charge in [0.2, 0.25) is 0 Å². The summed E-state index contributed by atoms with van der Waals surface area (Å²) in [6.07, 6.45) is 0. The maximum Gasteiger partial charge on any atom is 0.253 e. The zero-order valence-electron chi connectivity index (χ0n) is 15.6. The van der Waals surface area contributed by atoms with Gasteiger partial charge in [0, 0.05) is 12.2 Å². The monoisotopic (exact) mass is 427 g/mol. The summed E-state index contributed by atoms with van der Waals surface area (Å²) >= 11 is 11.1. The molecule has 0 unspecified atom stereocenters. The number of carbonyl (C=O) groups excluding carboxylic acids is 1. The van der Waals surface area contributed by atoms with Gasteiger partial charge in [-0.3, -0.25) is 4.79 Å². The zero-order chi connectivity index (χ0) is 20.8. The number of hydrogen-bond acceptors (Lipinski definition) is 2. The highest BCUT2D eigenvalue weighted by molar-refractivity contribution is 7.80. The van der Waals surface area contributed by atoms with Crippen LogP contribution in [0.3, 0.4) is 0 Å². The van der Waals surface area contributed by atoms with Crippen LogP contribution in [0, 0.1) is 12.7 Å². The van der Waals surface area contributed by atoms with Crippen molar-refractivity contribution in [3.8, 4) is 0 Å². The van der Waals surface area contributed by atoms with Gasteiger partial charge < -0.3 is 16.0 Å². The summed E-state index contributed by atoms with van der Waals surface area (Å²) in [6, 6.07) is 19.2. The average Bonchev–Trinajstić information content (AvgIpc) is 2.70. The molecule has 0 spiro atoms. The first kappa shape index (κ1) is 20.8. The van der Waals surface area contributed by atoms with Crippen molar-refractivity contribution < 1.29 is 9.18 Å². The van der Waals surface area contributed by atoms with Crippen molar-refractivity contribution in [1.82, 2.24) is 5.32 Å². The van der Waals surface area contributed by atoms with Gasteiger partial charge in [-0.2, -0.15) is 0 Å². The van der Waals surface area contributed by atoms with Crippen molar-refractivity contribution in [2.24, 2.45) is 0 Å². The predicted octanol–water partition coefficient (Wildman–Crippen LogP) is 5.53. The van der Waals surface area contributed by atoms with E-state index in [4.69, 9.17) is 23.8 Å². The first-order chi connectivity index (χ1) is 13.9. The maximum absolute atomic E-state index is 13.3. The lowest BCUT2D eigenvalue weighted by molar-refractivity contribution is 0.0952. The van der Waals surface area contributed by atoms with Gasteiger partial charge in [-0.25, -0.2) is 4.39 Å². The van der Waals surface area contributed by atoms with Crippen molar-refractivity contribution in [3.63, 3.8) is 0 Å². The number of aryl methyl sites for hydroxylation is 1. The summed E-state index contributed by atoms with van der Waals surface area (Å²) in [5.41, 5.74) is 3.73. The number of carbonyl (C=O) groups is 1. The number of nitrogens with one attached hydrogen (secondary N) is 3. The van der Waals surface area contributed by atoms with Crippen molar-refractivity contribution in [3.05, 3.63) is 94.3 Å². The zero-order valence-corrected chi connectivity index (χ0v) is 17.2. The number of halogens is 2. The lowest BCUT2D eigenvalue weighted by Crippen LogP contribution is -2.26. The third-order valence-corrected chi connectivity index (χ3v) is 4.66. The molecular formula is C22H19ClFN3OS. The number of thiocarbonyl (C=S) groups is 1. The molecule has 3 N–H and O–H groups in total. The summed E-state index contributed by atoms with van der Waals surface area (Å²) in [5, 5.41) is 9.09. The molecule has 0 bridgehead atoms. The molecule has 0 fully saturated rings. The Morgan fingerprint density at radius 2 is 1.76 bits per heavy atom. The van der Waals surface area contributed by atoms with Crippen LogP contribution in [0.25, 0.3) is 0 Å². The first-order valence-electron chi connectivity index (χ1n) is 8.88. The highest BCUT2D eigenvalue weighted by Crippen LogP contribution is 2.20. The molecule has 3 rings (SSSR count). The Bertz CT molecular complexity index is 1040. The van der Waals surface area contributed by atoms with Crippen LogP contribution >= 0.6 is 23.8 Å². The van der Waals surface area contributed by atoms with E-state index in [1.807, 2.05) is 31.2 Å². The second-order valence-electron chi connectivity index (χ2n) is 6.42. The van der Waals surface area contributed by atoms with E-state index >= 15 is 0 Å². The largest absolute Gasteiger partial charge is 0.348 e. The topological polar surface area (TPSA) is 53.2 Å². The Balaban J connectivity index is 1.65. The van der Waals surface area contributed by atoms with Gasteiger partial charge in [0.05, 0.1) is 16.3 Å². The fourth-order valence-electron chi connectivity index (χ4n) is 2.63. The van der Waals surface area contributed by atoms with Gasteiger partial charge in [0.25, 0.3) is 5.91 Å². The normalized spacial score (nSPS) is 10.3. The minimum atomic E-state index is -0.508. The van der Waals surface area contributed by atoms with Crippen LogP contribution in [0.2, 0.25) is 5.02 Å². The van der Waals surface area contributed by atoms with Crippen molar-refractivity contribution in [2.45, 2.75) is 13.5 Å². The molecule has 0 aliphatic heterocycles. The van der Waals surface area contributed by atoms with Crippen LogP contribution in [-0.4, -0.2) is 11.0 Å². The molecule has 29 heavy (non-hydrogen) atoms. The van der Waals surface area contributed by atoms with Crippen LogP contribution in [-0.2, 0) is 6.54 Å². The SMILES string of the molecule is Cc1ccc(CNC(=O)c2ccccc2NC(=S)Nc2ccc(F)c(Cl)c2)cc1. The molecule has 0 saturated carbocycles. The molecule has 0 aliphatic rings. The molecular weight excluding hydrogens is 409 g/mol. The molecule has 3 aromatic carbocycles. The third-order valence-electron chi connectivity index (χ3n) is 4.17. The van der Waals surface area contributed by atoms with E-state index in [1.165, 1.54) is 18.2 Å². The molecule has 1 amide bonds. The average molecular weight is 428 g/mol. The smallest absolute Gasteiger partial charge is 0.253 e. The molecule has 7 heteroatoms.